The summed E-state index contributed by atoms with van der Waals surface area (Å²) in [5, 5.41) is 7.06. The summed E-state index contributed by atoms with van der Waals surface area (Å²) in [5.74, 6) is 0.836. The lowest BCUT2D eigenvalue weighted by atomic mass is 10.6. The van der Waals surface area contributed by atoms with Crippen molar-refractivity contribution in [3.63, 3.8) is 0 Å². The SMILES string of the molecule is c1nc(-c2noc[nH+]2)no1. The van der Waals surface area contributed by atoms with E-state index in [1.807, 2.05) is 0 Å². The Morgan fingerprint density at radius 3 is 2.90 bits per heavy atom. The molecule has 6 heteroatoms. The summed E-state index contributed by atoms with van der Waals surface area (Å²) in [7, 11) is 0. The van der Waals surface area contributed by atoms with Gasteiger partial charge in [-0.05, 0) is 5.16 Å². The molecule has 10 heavy (non-hydrogen) atoms. The lowest BCUT2D eigenvalue weighted by Crippen LogP contribution is -2.01. The van der Waals surface area contributed by atoms with Gasteiger partial charge in [0.2, 0.25) is 6.39 Å². The highest BCUT2D eigenvalue weighted by Gasteiger charge is 2.15. The van der Waals surface area contributed by atoms with Crippen LogP contribution in [0.5, 0.6) is 0 Å². The molecular weight excluding hydrogens is 136 g/mol. The van der Waals surface area contributed by atoms with Crippen molar-refractivity contribution in [3.05, 3.63) is 12.8 Å². The maximum atomic E-state index is 4.51. The highest BCUT2D eigenvalue weighted by Crippen LogP contribution is 2.01. The van der Waals surface area contributed by atoms with Crippen LogP contribution in [0.4, 0.5) is 0 Å². The molecule has 0 aliphatic heterocycles. The molecule has 50 valence electrons. The standard InChI is InChI=1S/C4H2N4O2/c1-5-3(7-9-1)4-6-2-10-8-4/h1-2H/p+1. The third-order valence-electron chi connectivity index (χ3n) is 0.965. The van der Waals surface area contributed by atoms with Gasteiger partial charge >= 0.3 is 12.2 Å². The van der Waals surface area contributed by atoms with E-state index in [4.69, 9.17) is 0 Å². The van der Waals surface area contributed by atoms with Gasteiger partial charge in [0.25, 0.3) is 5.82 Å². The molecule has 0 saturated heterocycles. The molecule has 2 aromatic rings. The Bertz CT molecular complexity index is 255. The van der Waals surface area contributed by atoms with Crippen LogP contribution >= 0.6 is 0 Å². The Labute approximate surface area is 54.9 Å². The maximum absolute atomic E-state index is 4.51. The van der Waals surface area contributed by atoms with Crippen LogP contribution in [0, 0.1) is 0 Å². The molecule has 2 aromatic heterocycles. The van der Waals surface area contributed by atoms with E-state index < -0.39 is 0 Å². The van der Waals surface area contributed by atoms with E-state index in [0.29, 0.717) is 11.6 Å². The Morgan fingerprint density at radius 1 is 1.30 bits per heavy atom. The molecule has 0 amide bonds. The van der Waals surface area contributed by atoms with Crippen molar-refractivity contribution in [2.24, 2.45) is 0 Å². The van der Waals surface area contributed by atoms with E-state index in [2.05, 4.69) is 29.3 Å². The number of aromatic nitrogens is 4. The number of nitrogens with one attached hydrogen (secondary N) is 1. The molecule has 0 bridgehead atoms. The minimum absolute atomic E-state index is 0.383. The Balaban J connectivity index is 2.48. The van der Waals surface area contributed by atoms with E-state index in [1.165, 1.54) is 12.8 Å². The third kappa shape index (κ3) is 0.661. The van der Waals surface area contributed by atoms with Crippen LogP contribution in [0.3, 0.4) is 0 Å². The summed E-state index contributed by atoms with van der Waals surface area (Å²) in [4.78, 5) is 6.40. The average Bonchev–Trinajstić information content (AvgIpc) is 2.59. The zero-order chi connectivity index (χ0) is 6.81. The van der Waals surface area contributed by atoms with Crippen LogP contribution in [-0.4, -0.2) is 15.3 Å². The fraction of sp³-hybridized carbons (Fsp3) is 0. The normalized spacial score (nSPS) is 10.0. The van der Waals surface area contributed by atoms with Crippen LogP contribution in [-0.2, 0) is 0 Å². The summed E-state index contributed by atoms with van der Waals surface area (Å²) >= 11 is 0. The predicted molar refractivity (Wildman–Crippen MR) is 26.4 cm³/mol. The quantitative estimate of drug-likeness (QED) is 0.534. The molecule has 0 radical (unpaired) electrons. The van der Waals surface area contributed by atoms with Crippen molar-refractivity contribution in [1.29, 1.82) is 0 Å². The molecule has 1 N–H and O–H groups in total. The number of aromatic amines is 1. The first-order chi connectivity index (χ1) is 4.97. The largest absolute Gasteiger partial charge is 0.419 e. The molecule has 2 rings (SSSR count). The molecule has 0 saturated carbocycles. The lowest BCUT2D eigenvalue weighted by molar-refractivity contribution is -0.372. The number of hydrogen-bond acceptors (Lipinski definition) is 5. The minimum Gasteiger partial charge on any atom is -0.342 e. The van der Waals surface area contributed by atoms with Gasteiger partial charge in [-0.3, -0.25) is 0 Å². The van der Waals surface area contributed by atoms with Crippen molar-refractivity contribution < 1.29 is 14.0 Å². The van der Waals surface area contributed by atoms with Crippen molar-refractivity contribution in [2.45, 2.75) is 0 Å². The second-order valence-electron chi connectivity index (χ2n) is 1.56. The van der Waals surface area contributed by atoms with Gasteiger partial charge in [-0.25, -0.2) is 9.51 Å². The van der Waals surface area contributed by atoms with Gasteiger partial charge in [-0.2, -0.15) is 4.98 Å². The molecule has 0 fully saturated rings. The summed E-state index contributed by atoms with van der Waals surface area (Å²) in [6.07, 6.45) is 2.55. The number of H-pyrrole nitrogens is 1. The molecule has 0 aliphatic rings. The van der Waals surface area contributed by atoms with E-state index >= 15 is 0 Å². The monoisotopic (exact) mass is 139 g/mol. The van der Waals surface area contributed by atoms with Gasteiger partial charge in [0.1, 0.15) is 0 Å². The predicted octanol–water partition coefficient (Wildman–Crippen LogP) is -0.461. The number of hydrogen-bond donors (Lipinski definition) is 0. The van der Waals surface area contributed by atoms with Crippen LogP contribution in [0.15, 0.2) is 21.8 Å². The number of nitrogens with zero attached hydrogens (tertiary/aromatic N) is 3. The van der Waals surface area contributed by atoms with E-state index in [9.17, 15) is 0 Å². The van der Waals surface area contributed by atoms with Gasteiger partial charge in [-0.1, -0.05) is 0 Å². The maximum Gasteiger partial charge on any atom is 0.419 e. The first-order valence-corrected chi connectivity index (χ1v) is 2.55. The van der Waals surface area contributed by atoms with Crippen molar-refractivity contribution in [3.8, 4) is 11.6 Å². The molecule has 0 aliphatic carbocycles. The van der Waals surface area contributed by atoms with Gasteiger partial charge in [-0.15, -0.1) is 0 Å². The Kier molecular flexibility index (Phi) is 0.970. The van der Waals surface area contributed by atoms with E-state index in [0.717, 1.165) is 0 Å². The fourth-order valence-electron chi connectivity index (χ4n) is 0.568. The fourth-order valence-corrected chi connectivity index (χ4v) is 0.568. The molecular formula is C4H3N4O2+. The van der Waals surface area contributed by atoms with Gasteiger partial charge in [0.15, 0.2) is 5.16 Å². The molecule has 0 atom stereocenters. The molecule has 6 nitrogen and oxygen atoms in total. The molecule has 0 spiro atoms. The lowest BCUT2D eigenvalue weighted by Gasteiger charge is -1.67. The summed E-state index contributed by atoms with van der Waals surface area (Å²) in [6, 6.07) is 0. The van der Waals surface area contributed by atoms with Crippen LogP contribution < -0.4 is 4.98 Å². The van der Waals surface area contributed by atoms with E-state index in [1.54, 1.807) is 0 Å². The zero-order valence-electron chi connectivity index (χ0n) is 4.81. The average molecular weight is 139 g/mol. The van der Waals surface area contributed by atoms with Gasteiger partial charge in [0, 0.05) is 0 Å². The highest BCUT2D eigenvalue weighted by molar-refractivity contribution is 5.33. The Morgan fingerprint density at radius 2 is 2.30 bits per heavy atom. The van der Waals surface area contributed by atoms with Crippen molar-refractivity contribution in [2.75, 3.05) is 0 Å². The Hall–Kier alpha value is -1.72. The second kappa shape index (κ2) is 1.90. The zero-order valence-corrected chi connectivity index (χ0v) is 4.81. The van der Waals surface area contributed by atoms with Crippen LogP contribution in [0.1, 0.15) is 0 Å². The highest BCUT2D eigenvalue weighted by atomic mass is 16.5. The summed E-state index contributed by atoms with van der Waals surface area (Å²) in [6.45, 7) is 0. The van der Waals surface area contributed by atoms with Crippen molar-refractivity contribution >= 4 is 0 Å². The topological polar surface area (TPSA) is 79.1 Å². The third-order valence-corrected chi connectivity index (χ3v) is 0.965. The van der Waals surface area contributed by atoms with Gasteiger partial charge in [0.05, 0.1) is 0 Å². The number of rotatable bonds is 1. The van der Waals surface area contributed by atoms with Crippen molar-refractivity contribution in [1.82, 2.24) is 15.3 Å². The second-order valence-corrected chi connectivity index (χ2v) is 1.56. The molecule has 2 heterocycles. The summed E-state index contributed by atoms with van der Waals surface area (Å²) < 4.78 is 8.99. The molecule has 0 aromatic carbocycles. The molecule has 0 unspecified atom stereocenters. The minimum atomic E-state index is 0.383. The van der Waals surface area contributed by atoms with Crippen LogP contribution in [0.25, 0.3) is 11.6 Å². The van der Waals surface area contributed by atoms with Crippen LogP contribution in [0.2, 0.25) is 0 Å². The smallest absolute Gasteiger partial charge is 0.342 e. The van der Waals surface area contributed by atoms with Gasteiger partial charge < -0.3 is 4.52 Å². The first kappa shape index (κ1) is 5.10. The summed E-state index contributed by atoms with van der Waals surface area (Å²) in [5.41, 5.74) is 0. The van der Waals surface area contributed by atoms with E-state index in [-0.39, 0.29) is 0 Å². The first-order valence-electron chi connectivity index (χ1n) is 2.55.